The smallest absolute Gasteiger partial charge is 0.229 e. The molecule has 1 heterocycles. The Balaban J connectivity index is 1.76. The molecular formula is C22H21ClN4O. The summed E-state index contributed by atoms with van der Waals surface area (Å²) >= 11 is 5.97. The molecule has 0 bridgehead atoms. The zero-order valence-electron chi connectivity index (χ0n) is 15.8. The van der Waals surface area contributed by atoms with Crippen LogP contribution >= 0.6 is 11.6 Å². The Morgan fingerprint density at radius 2 is 1.57 bits per heavy atom. The SMILES string of the molecule is CC1(C)CC(=O)c2c(nc(Nc3ccc(Cl)cc3)nc2Nc2ccccc2)C1. The Labute approximate surface area is 169 Å². The quantitative estimate of drug-likeness (QED) is 0.589. The molecule has 2 aromatic carbocycles. The normalized spacial score (nSPS) is 15.0. The van der Waals surface area contributed by atoms with Crippen molar-refractivity contribution in [2.24, 2.45) is 5.41 Å². The number of Topliss-reactive ketones (excluding diaryl/α,β-unsaturated/α-hetero) is 1. The third-order valence-corrected chi connectivity index (χ3v) is 4.94. The van der Waals surface area contributed by atoms with E-state index in [2.05, 4.69) is 34.4 Å². The highest BCUT2D eigenvalue weighted by molar-refractivity contribution is 6.30. The predicted octanol–water partition coefficient (Wildman–Crippen LogP) is 5.77. The number of rotatable bonds is 4. The largest absolute Gasteiger partial charge is 0.339 e. The molecule has 0 radical (unpaired) electrons. The van der Waals surface area contributed by atoms with Gasteiger partial charge >= 0.3 is 0 Å². The highest BCUT2D eigenvalue weighted by Gasteiger charge is 2.35. The summed E-state index contributed by atoms with van der Waals surface area (Å²) in [5.74, 6) is 1.06. The summed E-state index contributed by atoms with van der Waals surface area (Å²) in [7, 11) is 0. The van der Waals surface area contributed by atoms with Gasteiger partial charge < -0.3 is 10.6 Å². The van der Waals surface area contributed by atoms with E-state index in [1.165, 1.54) is 0 Å². The van der Waals surface area contributed by atoms with Crippen LogP contribution in [0.1, 0.15) is 36.3 Å². The molecule has 0 atom stereocenters. The van der Waals surface area contributed by atoms with Gasteiger partial charge in [0.15, 0.2) is 5.78 Å². The van der Waals surface area contributed by atoms with Crippen molar-refractivity contribution in [3.8, 4) is 0 Å². The van der Waals surface area contributed by atoms with Crippen molar-refractivity contribution in [3.63, 3.8) is 0 Å². The molecule has 142 valence electrons. The molecule has 0 aliphatic heterocycles. The molecule has 0 unspecified atom stereocenters. The van der Waals surface area contributed by atoms with Crippen molar-refractivity contribution in [1.82, 2.24) is 9.97 Å². The summed E-state index contributed by atoms with van der Waals surface area (Å²) in [5, 5.41) is 7.17. The second kappa shape index (κ2) is 7.24. The molecule has 1 aliphatic carbocycles. The van der Waals surface area contributed by atoms with Crippen molar-refractivity contribution in [2.75, 3.05) is 10.6 Å². The van der Waals surface area contributed by atoms with Crippen LogP contribution < -0.4 is 10.6 Å². The van der Waals surface area contributed by atoms with E-state index >= 15 is 0 Å². The van der Waals surface area contributed by atoms with Gasteiger partial charge in [-0.25, -0.2) is 4.98 Å². The lowest BCUT2D eigenvalue weighted by Crippen LogP contribution is -2.29. The molecule has 0 saturated carbocycles. The number of anilines is 4. The van der Waals surface area contributed by atoms with Crippen LogP contribution in [0.3, 0.4) is 0 Å². The first kappa shape index (κ1) is 18.4. The summed E-state index contributed by atoms with van der Waals surface area (Å²) in [5.41, 5.74) is 2.94. The number of ketones is 1. The molecule has 2 N–H and O–H groups in total. The average Bonchev–Trinajstić information content (AvgIpc) is 2.63. The van der Waals surface area contributed by atoms with E-state index in [0.717, 1.165) is 23.5 Å². The number of aromatic nitrogens is 2. The van der Waals surface area contributed by atoms with Gasteiger partial charge in [0.25, 0.3) is 0 Å². The zero-order valence-corrected chi connectivity index (χ0v) is 16.5. The third kappa shape index (κ3) is 3.99. The number of hydrogen-bond donors (Lipinski definition) is 2. The summed E-state index contributed by atoms with van der Waals surface area (Å²) in [6, 6.07) is 17.0. The number of carbonyl (C=O) groups is 1. The molecule has 0 fully saturated rings. The molecule has 6 heteroatoms. The number of benzene rings is 2. The van der Waals surface area contributed by atoms with Gasteiger partial charge in [0.05, 0.1) is 11.3 Å². The van der Waals surface area contributed by atoms with Gasteiger partial charge in [0.1, 0.15) is 5.82 Å². The summed E-state index contributed by atoms with van der Waals surface area (Å²) in [6.07, 6.45) is 1.20. The Hall–Kier alpha value is -2.92. The van der Waals surface area contributed by atoms with Crippen molar-refractivity contribution in [2.45, 2.75) is 26.7 Å². The van der Waals surface area contributed by atoms with E-state index in [1.807, 2.05) is 42.5 Å². The first-order valence-electron chi connectivity index (χ1n) is 9.18. The van der Waals surface area contributed by atoms with Gasteiger partial charge in [-0.2, -0.15) is 4.98 Å². The fourth-order valence-corrected chi connectivity index (χ4v) is 3.56. The standard InChI is InChI=1S/C22H21ClN4O/c1-22(2)12-17-19(18(28)13-22)20(24-15-6-4-3-5-7-15)27-21(26-17)25-16-10-8-14(23)9-11-16/h3-11H,12-13H2,1-2H3,(H2,24,25,26,27). The lowest BCUT2D eigenvalue weighted by molar-refractivity contribution is 0.0911. The summed E-state index contributed by atoms with van der Waals surface area (Å²) < 4.78 is 0. The van der Waals surface area contributed by atoms with Crippen LogP contribution in [0.4, 0.5) is 23.1 Å². The number of hydrogen-bond acceptors (Lipinski definition) is 5. The molecule has 3 aromatic rings. The topological polar surface area (TPSA) is 66.9 Å². The lowest BCUT2D eigenvalue weighted by Gasteiger charge is -2.30. The number of para-hydroxylation sites is 1. The Bertz CT molecular complexity index is 1020. The average molecular weight is 393 g/mol. The fraction of sp³-hybridized carbons (Fsp3) is 0.227. The van der Waals surface area contributed by atoms with Crippen molar-refractivity contribution in [3.05, 3.63) is 70.9 Å². The van der Waals surface area contributed by atoms with Gasteiger partial charge in [-0.15, -0.1) is 0 Å². The molecule has 28 heavy (non-hydrogen) atoms. The van der Waals surface area contributed by atoms with Gasteiger partial charge in [-0.05, 0) is 48.2 Å². The maximum absolute atomic E-state index is 12.9. The second-order valence-corrected chi connectivity index (χ2v) is 8.22. The number of halogens is 1. The van der Waals surface area contributed by atoms with E-state index < -0.39 is 0 Å². The highest BCUT2D eigenvalue weighted by Crippen LogP contribution is 2.37. The number of carbonyl (C=O) groups excluding carboxylic acids is 1. The number of nitrogens with one attached hydrogen (secondary N) is 2. The maximum atomic E-state index is 12.9. The zero-order chi connectivity index (χ0) is 19.7. The van der Waals surface area contributed by atoms with Crippen LogP contribution in [0.15, 0.2) is 54.6 Å². The molecule has 5 nitrogen and oxygen atoms in total. The molecule has 0 amide bonds. The van der Waals surface area contributed by atoms with Gasteiger partial charge in [-0.1, -0.05) is 43.6 Å². The van der Waals surface area contributed by atoms with Crippen LogP contribution in [0.25, 0.3) is 0 Å². The minimum absolute atomic E-state index is 0.0720. The van der Waals surface area contributed by atoms with Crippen molar-refractivity contribution in [1.29, 1.82) is 0 Å². The first-order chi connectivity index (χ1) is 13.4. The van der Waals surface area contributed by atoms with Crippen LogP contribution in [-0.2, 0) is 6.42 Å². The van der Waals surface area contributed by atoms with Crippen molar-refractivity contribution >= 4 is 40.5 Å². The molecule has 0 saturated heterocycles. The maximum Gasteiger partial charge on any atom is 0.229 e. The minimum Gasteiger partial charge on any atom is -0.339 e. The monoisotopic (exact) mass is 392 g/mol. The molecular weight excluding hydrogens is 372 g/mol. The Morgan fingerprint density at radius 3 is 2.29 bits per heavy atom. The van der Waals surface area contributed by atoms with Crippen LogP contribution in [0.5, 0.6) is 0 Å². The number of nitrogens with zero attached hydrogens (tertiary/aromatic N) is 2. The van der Waals surface area contributed by atoms with Crippen LogP contribution in [0.2, 0.25) is 5.02 Å². The molecule has 4 rings (SSSR count). The highest BCUT2D eigenvalue weighted by atomic mass is 35.5. The van der Waals surface area contributed by atoms with Gasteiger partial charge in [-0.3, -0.25) is 4.79 Å². The van der Waals surface area contributed by atoms with Crippen molar-refractivity contribution < 1.29 is 4.79 Å². The molecule has 1 aromatic heterocycles. The van der Waals surface area contributed by atoms with E-state index in [0.29, 0.717) is 28.8 Å². The minimum atomic E-state index is -0.125. The van der Waals surface area contributed by atoms with Gasteiger partial charge in [0.2, 0.25) is 5.95 Å². The summed E-state index contributed by atoms with van der Waals surface area (Å²) in [4.78, 5) is 22.1. The lowest BCUT2D eigenvalue weighted by atomic mass is 9.75. The van der Waals surface area contributed by atoms with Crippen LogP contribution in [0, 0.1) is 5.41 Å². The van der Waals surface area contributed by atoms with Crippen LogP contribution in [-0.4, -0.2) is 15.8 Å². The Kier molecular flexibility index (Phi) is 4.77. The third-order valence-electron chi connectivity index (χ3n) is 4.68. The predicted molar refractivity (Wildman–Crippen MR) is 113 cm³/mol. The Morgan fingerprint density at radius 1 is 0.893 bits per heavy atom. The van der Waals surface area contributed by atoms with E-state index in [-0.39, 0.29) is 11.2 Å². The fourth-order valence-electron chi connectivity index (χ4n) is 3.43. The van der Waals surface area contributed by atoms with E-state index in [9.17, 15) is 4.79 Å². The summed E-state index contributed by atoms with van der Waals surface area (Å²) in [6.45, 7) is 4.18. The molecule has 0 spiro atoms. The van der Waals surface area contributed by atoms with E-state index in [1.54, 1.807) is 12.1 Å². The van der Waals surface area contributed by atoms with E-state index in [4.69, 9.17) is 11.6 Å². The second-order valence-electron chi connectivity index (χ2n) is 7.78. The first-order valence-corrected chi connectivity index (χ1v) is 9.56. The number of fused-ring (bicyclic) bond motifs is 1. The molecule has 1 aliphatic rings. The van der Waals surface area contributed by atoms with Gasteiger partial charge in [0, 0.05) is 22.8 Å².